The zero-order valence-electron chi connectivity index (χ0n) is 15.9. The van der Waals surface area contributed by atoms with E-state index in [2.05, 4.69) is 13.8 Å². The van der Waals surface area contributed by atoms with Gasteiger partial charge < -0.3 is 4.74 Å². The van der Waals surface area contributed by atoms with Crippen LogP contribution >= 0.6 is 0 Å². The van der Waals surface area contributed by atoms with Gasteiger partial charge in [-0.15, -0.1) is 0 Å². The molecule has 0 unspecified atom stereocenters. The molecule has 0 aliphatic heterocycles. The predicted molar refractivity (Wildman–Crippen MR) is 96.8 cm³/mol. The second-order valence-corrected chi connectivity index (χ2v) is 9.48. The van der Waals surface area contributed by atoms with Crippen LogP contribution in [0.1, 0.15) is 65.7 Å². The van der Waals surface area contributed by atoms with Gasteiger partial charge in [-0.3, -0.25) is 9.59 Å². The molecule has 0 aromatic heterocycles. The summed E-state index contributed by atoms with van der Waals surface area (Å²) in [6.45, 7) is 7.01. The molecule has 0 bridgehead atoms. The molecule has 25 heavy (non-hydrogen) atoms. The van der Waals surface area contributed by atoms with Crippen LogP contribution in [0.3, 0.4) is 0 Å². The minimum atomic E-state index is -0.145. The summed E-state index contributed by atoms with van der Waals surface area (Å²) in [5.74, 6) is 4.39. The number of ether oxygens (including phenoxy) is 1. The topological polar surface area (TPSA) is 43.4 Å². The average molecular weight is 344 g/mol. The summed E-state index contributed by atoms with van der Waals surface area (Å²) < 4.78 is 5.42. The SMILES string of the molecule is CC(=O)OC[C@@H]1CC[C@@H]2[C@H]3[C@H](CC[C@]12C)[C@H]1CCC(=O)C=C1C[C@H]3C. The molecule has 138 valence electrons. The van der Waals surface area contributed by atoms with Gasteiger partial charge in [0.05, 0.1) is 6.61 Å². The Balaban J connectivity index is 1.57. The highest BCUT2D eigenvalue weighted by molar-refractivity contribution is 5.91. The Hall–Kier alpha value is -1.12. The number of hydrogen-bond donors (Lipinski definition) is 0. The van der Waals surface area contributed by atoms with Gasteiger partial charge in [0.15, 0.2) is 5.78 Å². The van der Waals surface area contributed by atoms with Crippen molar-refractivity contribution in [1.82, 2.24) is 0 Å². The fourth-order valence-corrected chi connectivity index (χ4v) is 7.19. The van der Waals surface area contributed by atoms with Crippen molar-refractivity contribution < 1.29 is 14.3 Å². The van der Waals surface area contributed by atoms with Gasteiger partial charge in [0.2, 0.25) is 0 Å². The molecule has 0 aromatic carbocycles. The molecule has 7 atom stereocenters. The summed E-state index contributed by atoms with van der Waals surface area (Å²) in [5.41, 5.74) is 1.79. The molecule has 0 spiro atoms. The maximum absolute atomic E-state index is 11.9. The molecule has 3 fully saturated rings. The van der Waals surface area contributed by atoms with Gasteiger partial charge in [0.1, 0.15) is 0 Å². The summed E-state index contributed by atoms with van der Waals surface area (Å²) >= 11 is 0. The first-order valence-corrected chi connectivity index (χ1v) is 10.3. The molecule has 3 heteroatoms. The van der Waals surface area contributed by atoms with Crippen LogP contribution in [0.2, 0.25) is 0 Å². The van der Waals surface area contributed by atoms with Crippen molar-refractivity contribution in [3.05, 3.63) is 11.6 Å². The molecular weight excluding hydrogens is 312 g/mol. The zero-order chi connectivity index (χ0) is 17.8. The maximum atomic E-state index is 11.9. The highest BCUT2D eigenvalue weighted by atomic mass is 16.5. The van der Waals surface area contributed by atoms with Crippen molar-refractivity contribution >= 4 is 11.8 Å². The predicted octanol–water partition coefficient (Wildman–Crippen LogP) is 4.55. The standard InChI is InChI=1S/C22H32O3/c1-13-10-15-11-17(24)5-6-18(15)19-8-9-22(3)16(12-25-14(2)23)4-7-20(22)21(13)19/h11,13,16,18-21H,4-10,12H2,1-3H3/t13-,16+,18+,19-,20-,21-,22-/m1/s1. The van der Waals surface area contributed by atoms with Gasteiger partial charge in [-0.05, 0) is 85.5 Å². The van der Waals surface area contributed by atoms with Crippen LogP contribution < -0.4 is 0 Å². The first-order valence-electron chi connectivity index (χ1n) is 10.3. The Kier molecular flexibility index (Phi) is 4.32. The number of fused-ring (bicyclic) bond motifs is 5. The normalized spacial score (nSPS) is 45.9. The van der Waals surface area contributed by atoms with Crippen LogP contribution in [-0.2, 0) is 14.3 Å². The summed E-state index contributed by atoms with van der Waals surface area (Å²) in [6.07, 6.45) is 9.99. The van der Waals surface area contributed by atoms with Crippen LogP contribution in [0.5, 0.6) is 0 Å². The number of hydrogen-bond acceptors (Lipinski definition) is 3. The molecule has 3 nitrogen and oxygen atoms in total. The lowest BCUT2D eigenvalue weighted by molar-refractivity contribution is -0.144. The van der Waals surface area contributed by atoms with Crippen molar-refractivity contribution in [2.75, 3.05) is 6.61 Å². The maximum Gasteiger partial charge on any atom is 0.302 e. The third kappa shape index (κ3) is 2.78. The van der Waals surface area contributed by atoms with Crippen molar-refractivity contribution in [3.8, 4) is 0 Å². The average Bonchev–Trinajstić information content (AvgIpc) is 2.88. The molecule has 0 N–H and O–H groups in total. The Labute approximate surface area is 151 Å². The molecule has 0 amide bonds. The lowest BCUT2D eigenvalue weighted by Gasteiger charge is -2.56. The van der Waals surface area contributed by atoms with Crippen molar-refractivity contribution in [1.29, 1.82) is 0 Å². The number of carbonyl (C=O) groups excluding carboxylic acids is 2. The third-order valence-corrected chi connectivity index (χ3v) is 8.32. The molecule has 0 heterocycles. The number of ketones is 1. The molecule has 4 rings (SSSR count). The number of allylic oxidation sites excluding steroid dienone is 1. The highest BCUT2D eigenvalue weighted by Crippen LogP contribution is 2.64. The van der Waals surface area contributed by atoms with Crippen LogP contribution in [0.4, 0.5) is 0 Å². The quantitative estimate of drug-likeness (QED) is 0.690. The Morgan fingerprint density at radius 1 is 1.28 bits per heavy atom. The van der Waals surface area contributed by atoms with E-state index in [4.69, 9.17) is 4.74 Å². The molecule has 0 radical (unpaired) electrons. The van der Waals surface area contributed by atoms with Gasteiger partial charge in [0, 0.05) is 13.3 Å². The van der Waals surface area contributed by atoms with Crippen molar-refractivity contribution in [2.24, 2.45) is 40.9 Å². The van der Waals surface area contributed by atoms with E-state index in [1.54, 1.807) is 0 Å². The van der Waals surface area contributed by atoms with E-state index in [0.717, 1.165) is 37.0 Å². The fraction of sp³-hybridized carbons (Fsp3) is 0.818. The van der Waals surface area contributed by atoms with E-state index in [-0.39, 0.29) is 5.97 Å². The summed E-state index contributed by atoms with van der Waals surface area (Å²) in [4.78, 5) is 23.1. The lowest BCUT2D eigenvalue weighted by atomic mass is 9.49. The van der Waals surface area contributed by atoms with Crippen LogP contribution in [0.25, 0.3) is 0 Å². The lowest BCUT2D eigenvalue weighted by Crippen LogP contribution is -2.49. The van der Waals surface area contributed by atoms with Gasteiger partial charge in [-0.25, -0.2) is 0 Å². The van der Waals surface area contributed by atoms with Gasteiger partial charge in [0.25, 0.3) is 0 Å². The Bertz CT molecular complexity index is 606. The van der Waals surface area contributed by atoms with E-state index in [1.165, 1.54) is 38.2 Å². The minimum Gasteiger partial charge on any atom is -0.466 e. The fourth-order valence-electron chi connectivity index (χ4n) is 7.19. The molecule has 4 aliphatic carbocycles. The molecule has 0 saturated heterocycles. The summed E-state index contributed by atoms with van der Waals surface area (Å²) in [7, 11) is 0. The highest BCUT2D eigenvalue weighted by Gasteiger charge is 2.57. The van der Waals surface area contributed by atoms with Gasteiger partial charge >= 0.3 is 5.97 Å². The molecule has 3 saturated carbocycles. The number of esters is 1. The second kappa shape index (κ2) is 6.25. The summed E-state index contributed by atoms with van der Waals surface area (Å²) in [6, 6.07) is 0. The molecular formula is C22H32O3. The second-order valence-electron chi connectivity index (χ2n) is 9.48. The van der Waals surface area contributed by atoms with Crippen LogP contribution in [0.15, 0.2) is 11.6 Å². The molecule has 0 aromatic rings. The van der Waals surface area contributed by atoms with Gasteiger partial charge in [-0.1, -0.05) is 19.4 Å². The first kappa shape index (κ1) is 17.3. The minimum absolute atomic E-state index is 0.145. The number of carbonyl (C=O) groups is 2. The van der Waals surface area contributed by atoms with E-state index < -0.39 is 0 Å². The largest absolute Gasteiger partial charge is 0.466 e. The van der Waals surface area contributed by atoms with Crippen LogP contribution in [-0.4, -0.2) is 18.4 Å². The van der Waals surface area contributed by atoms with Crippen molar-refractivity contribution in [2.45, 2.75) is 65.7 Å². The van der Waals surface area contributed by atoms with Crippen molar-refractivity contribution in [3.63, 3.8) is 0 Å². The van der Waals surface area contributed by atoms with E-state index in [1.807, 2.05) is 6.08 Å². The summed E-state index contributed by atoms with van der Waals surface area (Å²) in [5, 5.41) is 0. The molecule has 4 aliphatic rings. The van der Waals surface area contributed by atoms with E-state index in [0.29, 0.717) is 35.6 Å². The van der Waals surface area contributed by atoms with Crippen LogP contribution in [0, 0.1) is 40.9 Å². The van der Waals surface area contributed by atoms with Gasteiger partial charge in [-0.2, -0.15) is 0 Å². The zero-order valence-corrected chi connectivity index (χ0v) is 15.9. The third-order valence-electron chi connectivity index (χ3n) is 8.32. The Morgan fingerprint density at radius 3 is 2.84 bits per heavy atom. The van der Waals surface area contributed by atoms with E-state index >= 15 is 0 Å². The Morgan fingerprint density at radius 2 is 2.08 bits per heavy atom. The first-order chi connectivity index (χ1) is 11.9. The number of rotatable bonds is 2. The van der Waals surface area contributed by atoms with E-state index in [9.17, 15) is 9.59 Å². The smallest absolute Gasteiger partial charge is 0.302 e. The monoisotopic (exact) mass is 344 g/mol.